The third-order valence-corrected chi connectivity index (χ3v) is 2.92. The summed E-state index contributed by atoms with van der Waals surface area (Å²) in [6.45, 7) is 7.40. The number of hydrogen-bond donors (Lipinski definition) is 1. The van der Waals surface area contributed by atoms with Crippen LogP contribution in [0.15, 0.2) is 0 Å². The van der Waals surface area contributed by atoms with E-state index in [-0.39, 0.29) is 0 Å². The molecule has 2 aliphatic rings. The monoisotopic (exact) mass is 184 g/mol. The molecule has 1 aliphatic carbocycles. The summed E-state index contributed by atoms with van der Waals surface area (Å²) in [6, 6.07) is 1.45. The number of nitrogens with one attached hydrogen (secondary N) is 1. The fourth-order valence-electron chi connectivity index (χ4n) is 2.00. The summed E-state index contributed by atoms with van der Waals surface area (Å²) in [6.07, 6.45) is 2.81. The lowest BCUT2D eigenvalue weighted by Gasteiger charge is -2.29. The Morgan fingerprint density at radius 3 is 2.85 bits per heavy atom. The first-order chi connectivity index (χ1) is 6.40. The smallest absolute Gasteiger partial charge is 0.0632 e. The summed E-state index contributed by atoms with van der Waals surface area (Å²) in [5.41, 5.74) is 0. The minimum atomic E-state index is 0.564. The van der Waals surface area contributed by atoms with Crippen molar-refractivity contribution in [1.29, 1.82) is 0 Å². The van der Waals surface area contributed by atoms with E-state index in [9.17, 15) is 0 Å². The molecule has 3 heteroatoms. The standard InChI is InChI=1S/C10H20N2O/c1-2-12(10-3-4-10)7-9-8-13-6-5-11-9/h9-11H,2-8H2,1H3. The second-order valence-electron chi connectivity index (χ2n) is 4.04. The number of ether oxygens (including phenoxy) is 1. The molecule has 13 heavy (non-hydrogen) atoms. The summed E-state index contributed by atoms with van der Waals surface area (Å²) in [7, 11) is 0. The van der Waals surface area contributed by atoms with E-state index in [2.05, 4.69) is 17.1 Å². The predicted molar refractivity (Wildman–Crippen MR) is 52.9 cm³/mol. The molecule has 1 atom stereocenters. The van der Waals surface area contributed by atoms with E-state index in [0.29, 0.717) is 6.04 Å². The van der Waals surface area contributed by atoms with E-state index >= 15 is 0 Å². The zero-order chi connectivity index (χ0) is 9.10. The highest BCUT2D eigenvalue weighted by Gasteiger charge is 2.29. The van der Waals surface area contributed by atoms with Crippen molar-refractivity contribution < 1.29 is 4.74 Å². The predicted octanol–water partition coefficient (Wildman–Crippen LogP) is 0.459. The maximum atomic E-state index is 5.44. The van der Waals surface area contributed by atoms with E-state index in [1.807, 2.05) is 0 Å². The molecule has 0 spiro atoms. The summed E-state index contributed by atoms with van der Waals surface area (Å²) < 4.78 is 5.44. The molecule has 1 unspecified atom stereocenters. The van der Waals surface area contributed by atoms with Crippen LogP contribution in [-0.4, -0.2) is 49.8 Å². The van der Waals surface area contributed by atoms with Crippen LogP contribution in [0, 0.1) is 0 Å². The molecule has 1 heterocycles. The minimum absolute atomic E-state index is 0.564. The first-order valence-corrected chi connectivity index (χ1v) is 5.45. The molecule has 0 aromatic heterocycles. The zero-order valence-electron chi connectivity index (χ0n) is 8.46. The van der Waals surface area contributed by atoms with Crippen molar-refractivity contribution in [3.63, 3.8) is 0 Å². The van der Waals surface area contributed by atoms with Crippen molar-refractivity contribution in [2.24, 2.45) is 0 Å². The van der Waals surface area contributed by atoms with Gasteiger partial charge >= 0.3 is 0 Å². The van der Waals surface area contributed by atoms with Crippen LogP contribution in [0.5, 0.6) is 0 Å². The fourth-order valence-corrected chi connectivity index (χ4v) is 2.00. The largest absolute Gasteiger partial charge is 0.378 e. The Morgan fingerprint density at radius 2 is 2.31 bits per heavy atom. The van der Waals surface area contributed by atoms with Crippen molar-refractivity contribution in [3.05, 3.63) is 0 Å². The van der Waals surface area contributed by atoms with Gasteiger partial charge in [0.25, 0.3) is 0 Å². The van der Waals surface area contributed by atoms with Gasteiger partial charge in [-0.05, 0) is 19.4 Å². The van der Waals surface area contributed by atoms with Gasteiger partial charge in [0.05, 0.1) is 13.2 Å². The van der Waals surface area contributed by atoms with Crippen molar-refractivity contribution in [2.45, 2.75) is 31.8 Å². The topological polar surface area (TPSA) is 24.5 Å². The normalized spacial score (nSPS) is 29.5. The van der Waals surface area contributed by atoms with Crippen molar-refractivity contribution >= 4 is 0 Å². The highest BCUT2D eigenvalue weighted by molar-refractivity contribution is 4.86. The quantitative estimate of drug-likeness (QED) is 0.687. The van der Waals surface area contributed by atoms with Crippen LogP contribution < -0.4 is 5.32 Å². The van der Waals surface area contributed by atoms with Crippen LogP contribution in [0.25, 0.3) is 0 Å². The Hall–Kier alpha value is -0.120. The van der Waals surface area contributed by atoms with E-state index in [4.69, 9.17) is 4.74 Å². The highest BCUT2D eigenvalue weighted by Crippen LogP contribution is 2.26. The zero-order valence-corrected chi connectivity index (χ0v) is 8.46. The van der Waals surface area contributed by atoms with Crippen LogP contribution in [0.3, 0.4) is 0 Å². The molecule has 1 aliphatic heterocycles. The van der Waals surface area contributed by atoms with Crippen LogP contribution >= 0.6 is 0 Å². The molecule has 1 saturated carbocycles. The van der Waals surface area contributed by atoms with Crippen LogP contribution in [0.4, 0.5) is 0 Å². The lowest BCUT2D eigenvalue weighted by Crippen LogP contribution is -2.48. The number of likely N-dealkylation sites (N-methyl/N-ethyl adjacent to an activating group) is 1. The van der Waals surface area contributed by atoms with Gasteiger partial charge in [0.1, 0.15) is 0 Å². The Labute approximate surface area is 80.4 Å². The van der Waals surface area contributed by atoms with E-state index < -0.39 is 0 Å². The molecule has 0 radical (unpaired) electrons. The number of hydrogen-bond acceptors (Lipinski definition) is 3. The fraction of sp³-hybridized carbons (Fsp3) is 1.00. The van der Waals surface area contributed by atoms with Gasteiger partial charge in [-0.1, -0.05) is 6.92 Å². The first-order valence-electron chi connectivity index (χ1n) is 5.45. The number of morpholine rings is 1. The highest BCUT2D eigenvalue weighted by atomic mass is 16.5. The average molecular weight is 184 g/mol. The Morgan fingerprint density at radius 1 is 1.46 bits per heavy atom. The molecule has 1 saturated heterocycles. The van der Waals surface area contributed by atoms with E-state index in [0.717, 1.165) is 25.8 Å². The van der Waals surface area contributed by atoms with Gasteiger partial charge in [-0.3, -0.25) is 4.90 Å². The Kier molecular flexibility index (Phi) is 3.19. The first kappa shape index (κ1) is 9.44. The summed E-state index contributed by atoms with van der Waals surface area (Å²) in [5.74, 6) is 0. The summed E-state index contributed by atoms with van der Waals surface area (Å²) in [5, 5.41) is 3.50. The average Bonchev–Trinajstić information content (AvgIpc) is 2.99. The molecule has 0 amide bonds. The summed E-state index contributed by atoms with van der Waals surface area (Å²) >= 11 is 0. The van der Waals surface area contributed by atoms with E-state index in [1.54, 1.807) is 0 Å². The molecule has 0 aromatic carbocycles. The molecule has 76 valence electrons. The molecule has 2 fully saturated rings. The number of nitrogens with zero attached hydrogens (tertiary/aromatic N) is 1. The molecule has 1 N–H and O–H groups in total. The lowest BCUT2D eigenvalue weighted by molar-refractivity contribution is 0.0614. The van der Waals surface area contributed by atoms with Gasteiger partial charge in [0.2, 0.25) is 0 Å². The second kappa shape index (κ2) is 4.40. The third-order valence-electron chi connectivity index (χ3n) is 2.92. The maximum absolute atomic E-state index is 5.44. The van der Waals surface area contributed by atoms with Gasteiger partial charge < -0.3 is 10.1 Å². The summed E-state index contributed by atoms with van der Waals surface area (Å²) in [4.78, 5) is 2.58. The molecule has 3 nitrogen and oxygen atoms in total. The Balaban J connectivity index is 1.73. The van der Waals surface area contributed by atoms with Gasteiger partial charge in [-0.2, -0.15) is 0 Å². The van der Waals surface area contributed by atoms with Gasteiger partial charge in [0, 0.05) is 25.2 Å². The molecular weight excluding hydrogens is 164 g/mol. The minimum Gasteiger partial charge on any atom is -0.378 e. The van der Waals surface area contributed by atoms with Crippen LogP contribution in [0.1, 0.15) is 19.8 Å². The van der Waals surface area contributed by atoms with Crippen molar-refractivity contribution in [3.8, 4) is 0 Å². The third kappa shape index (κ3) is 2.66. The molecule has 0 aromatic rings. The lowest BCUT2D eigenvalue weighted by atomic mass is 10.2. The van der Waals surface area contributed by atoms with Gasteiger partial charge in [0.15, 0.2) is 0 Å². The van der Waals surface area contributed by atoms with Gasteiger partial charge in [-0.25, -0.2) is 0 Å². The van der Waals surface area contributed by atoms with Crippen LogP contribution in [0.2, 0.25) is 0 Å². The SMILES string of the molecule is CCN(CC1COCCN1)C1CC1. The molecule has 0 bridgehead atoms. The molecule has 2 rings (SSSR count). The number of rotatable bonds is 4. The second-order valence-corrected chi connectivity index (χ2v) is 4.04. The maximum Gasteiger partial charge on any atom is 0.0632 e. The van der Waals surface area contributed by atoms with Gasteiger partial charge in [-0.15, -0.1) is 0 Å². The van der Waals surface area contributed by atoms with Crippen molar-refractivity contribution in [1.82, 2.24) is 10.2 Å². The van der Waals surface area contributed by atoms with Crippen molar-refractivity contribution in [2.75, 3.05) is 32.8 Å². The molecular formula is C10H20N2O. The Bertz CT molecular complexity index is 153. The van der Waals surface area contributed by atoms with Crippen LogP contribution in [-0.2, 0) is 4.74 Å². The van der Waals surface area contributed by atoms with E-state index in [1.165, 1.54) is 25.9 Å².